The van der Waals surface area contributed by atoms with E-state index in [4.69, 9.17) is 4.74 Å². The van der Waals surface area contributed by atoms with E-state index in [-0.39, 0.29) is 5.97 Å². The number of nitrogens with zero attached hydrogens (tertiary/aromatic N) is 2. The molecule has 0 atom stereocenters. The molecule has 2 aromatic carbocycles. The average molecular weight is 334 g/mol. The summed E-state index contributed by atoms with van der Waals surface area (Å²) in [5, 5.41) is 3.32. The van der Waals surface area contributed by atoms with E-state index >= 15 is 0 Å². The Hall–Kier alpha value is -2.62. The highest BCUT2D eigenvalue weighted by atomic mass is 16.5. The summed E-state index contributed by atoms with van der Waals surface area (Å²) in [6.45, 7) is 4.14. The number of carbonyl (C=O) groups is 1. The number of hydrogen-bond acceptors (Lipinski definition) is 4. The first kappa shape index (κ1) is 15.9. The van der Waals surface area contributed by atoms with Gasteiger partial charge in [-0.3, -0.25) is 4.98 Å². The van der Waals surface area contributed by atoms with Crippen LogP contribution in [0.2, 0.25) is 0 Å². The number of anilines is 1. The van der Waals surface area contributed by atoms with E-state index in [0.717, 1.165) is 53.3 Å². The van der Waals surface area contributed by atoms with Gasteiger partial charge in [-0.2, -0.15) is 0 Å². The molecule has 0 spiro atoms. The van der Waals surface area contributed by atoms with Crippen molar-refractivity contribution in [3.05, 3.63) is 48.2 Å². The van der Waals surface area contributed by atoms with Gasteiger partial charge in [0.1, 0.15) is 5.56 Å². The number of pyridine rings is 1. The normalized spacial score (nSPS) is 14.8. The molecule has 0 amide bonds. The lowest BCUT2D eigenvalue weighted by atomic mass is 10.0. The number of esters is 1. The summed E-state index contributed by atoms with van der Waals surface area (Å²) in [7, 11) is 0. The fourth-order valence-corrected chi connectivity index (χ4v) is 3.74. The van der Waals surface area contributed by atoms with Gasteiger partial charge in [0.05, 0.1) is 17.8 Å². The van der Waals surface area contributed by atoms with Gasteiger partial charge in [0.25, 0.3) is 0 Å². The summed E-state index contributed by atoms with van der Waals surface area (Å²) < 4.78 is 5.29. The maximum Gasteiger partial charge on any atom is 0.341 e. The van der Waals surface area contributed by atoms with Crippen LogP contribution in [0.1, 0.15) is 36.5 Å². The number of rotatable bonds is 3. The number of benzene rings is 2. The molecule has 1 fully saturated rings. The first-order chi connectivity index (χ1) is 12.3. The number of fused-ring (bicyclic) bond motifs is 3. The first-order valence-electron chi connectivity index (χ1n) is 9.02. The minimum atomic E-state index is -0.286. The van der Waals surface area contributed by atoms with Crippen LogP contribution in [-0.4, -0.2) is 30.6 Å². The van der Waals surface area contributed by atoms with Crippen molar-refractivity contribution in [2.24, 2.45) is 0 Å². The molecule has 128 valence electrons. The molecule has 1 aliphatic rings. The van der Waals surface area contributed by atoms with Crippen LogP contribution in [0.25, 0.3) is 21.7 Å². The molecular weight excluding hydrogens is 312 g/mol. The van der Waals surface area contributed by atoms with Crippen molar-refractivity contribution in [2.45, 2.75) is 26.2 Å². The molecule has 1 aromatic heterocycles. The third-order valence-electron chi connectivity index (χ3n) is 4.90. The van der Waals surface area contributed by atoms with Crippen LogP contribution in [0.3, 0.4) is 0 Å². The third kappa shape index (κ3) is 2.82. The van der Waals surface area contributed by atoms with Gasteiger partial charge in [0.2, 0.25) is 0 Å². The van der Waals surface area contributed by atoms with Gasteiger partial charge in [-0.15, -0.1) is 0 Å². The fourth-order valence-electron chi connectivity index (χ4n) is 3.74. The van der Waals surface area contributed by atoms with E-state index in [1.54, 1.807) is 6.20 Å². The quantitative estimate of drug-likeness (QED) is 0.520. The molecule has 0 unspecified atom stereocenters. The number of carbonyl (C=O) groups excluding carboxylic acids is 1. The van der Waals surface area contributed by atoms with Crippen LogP contribution in [0.15, 0.2) is 42.6 Å². The van der Waals surface area contributed by atoms with Crippen molar-refractivity contribution >= 4 is 33.3 Å². The molecule has 1 aliphatic heterocycles. The maximum absolute atomic E-state index is 12.5. The average Bonchev–Trinajstić information content (AvgIpc) is 2.67. The monoisotopic (exact) mass is 334 g/mol. The SMILES string of the molecule is CCOC(=O)c1cnc2c(ccc3ccccc32)c1N1CCCCC1. The number of ether oxygens (including phenoxy) is 1. The molecule has 3 aromatic rings. The second-order valence-corrected chi connectivity index (χ2v) is 6.47. The van der Waals surface area contributed by atoms with Gasteiger partial charge in [0.15, 0.2) is 0 Å². The Morgan fingerprint density at radius 3 is 2.68 bits per heavy atom. The highest BCUT2D eigenvalue weighted by Crippen LogP contribution is 2.35. The Balaban J connectivity index is 1.98. The van der Waals surface area contributed by atoms with Crippen LogP contribution in [0, 0.1) is 0 Å². The molecule has 2 heterocycles. The van der Waals surface area contributed by atoms with E-state index in [0.29, 0.717) is 12.2 Å². The molecule has 4 rings (SSSR count). The van der Waals surface area contributed by atoms with E-state index in [1.165, 1.54) is 6.42 Å². The predicted molar refractivity (Wildman–Crippen MR) is 101 cm³/mol. The summed E-state index contributed by atoms with van der Waals surface area (Å²) in [4.78, 5) is 19.5. The Labute approximate surface area is 147 Å². The number of aromatic nitrogens is 1. The molecule has 1 saturated heterocycles. The zero-order valence-corrected chi connectivity index (χ0v) is 14.5. The highest BCUT2D eigenvalue weighted by Gasteiger charge is 2.23. The van der Waals surface area contributed by atoms with E-state index in [9.17, 15) is 4.79 Å². The van der Waals surface area contributed by atoms with E-state index in [2.05, 4.69) is 34.1 Å². The van der Waals surface area contributed by atoms with E-state index in [1.807, 2.05) is 19.1 Å². The maximum atomic E-state index is 12.5. The van der Waals surface area contributed by atoms with Crippen molar-refractivity contribution in [1.29, 1.82) is 0 Å². The third-order valence-corrected chi connectivity index (χ3v) is 4.90. The van der Waals surface area contributed by atoms with Gasteiger partial charge in [-0.05, 0) is 31.6 Å². The Bertz CT molecular complexity index is 930. The second-order valence-electron chi connectivity index (χ2n) is 6.47. The first-order valence-corrected chi connectivity index (χ1v) is 9.02. The van der Waals surface area contributed by atoms with E-state index < -0.39 is 0 Å². The molecule has 0 radical (unpaired) electrons. The molecule has 0 aliphatic carbocycles. The summed E-state index contributed by atoms with van der Waals surface area (Å²) in [5.74, 6) is -0.286. The van der Waals surface area contributed by atoms with Crippen LogP contribution in [0.5, 0.6) is 0 Å². The zero-order chi connectivity index (χ0) is 17.2. The van der Waals surface area contributed by atoms with Gasteiger partial charge < -0.3 is 9.64 Å². The summed E-state index contributed by atoms with van der Waals surface area (Å²) in [6, 6.07) is 12.5. The molecular formula is C21H22N2O2. The minimum absolute atomic E-state index is 0.286. The van der Waals surface area contributed by atoms with Gasteiger partial charge in [0, 0.05) is 30.1 Å². The topological polar surface area (TPSA) is 42.4 Å². The fraction of sp³-hybridized carbons (Fsp3) is 0.333. The van der Waals surface area contributed by atoms with Crippen LogP contribution >= 0.6 is 0 Å². The predicted octanol–water partition coefficient (Wildman–Crippen LogP) is 4.56. The van der Waals surface area contributed by atoms with Crippen LogP contribution < -0.4 is 4.90 Å². The Morgan fingerprint density at radius 2 is 1.88 bits per heavy atom. The summed E-state index contributed by atoms with van der Waals surface area (Å²) in [5.41, 5.74) is 2.51. The van der Waals surface area contributed by atoms with Crippen LogP contribution in [-0.2, 0) is 4.74 Å². The highest BCUT2D eigenvalue weighted by molar-refractivity contribution is 6.13. The smallest absolute Gasteiger partial charge is 0.341 e. The van der Waals surface area contributed by atoms with Crippen molar-refractivity contribution in [3.63, 3.8) is 0 Å². The zero-order valence-electron chi connectivity index (χ0n) is 14.5. The van der Waals surface area contributed by atoms with Gasteiger partial charge in [-0.25, -0.2) is 4.79 Å². The van der Waals surface area contributed by atoms with Crippen molar-refractivity contribution < 1.29 is 9.53 Å². The van der Waals surface area contributed by atoms with Crippen molar-refractivity contribution in [2.75, 3.05) is 24.6 Å². The molecule has 0 saturated carbocycles. The lowest BCUT2D eigenvalue weighted by Crippen LogP contribution is -2.31. The van der Waals surface area contributed by atoms with Crippen molar-refractivity contribution in [1.82, 2.24) is 4.98 Å². The van der Waals surface area contributed by atoms with Crippen molar-refractivity contribution in [3.8, 4) is 0 Å². The lowest BCUT2D eigenvalue weighted by Gasteiger charge is -2.31. The minimum Gasteiger partial charge on any atom is -0.462 e. The molecule has 0 N–H and O–H groups in total. The molecule has 0 bridgehead atoms. The van der Waals surface area contributed by atoms with Gasteiger partial charge in [-0.1, -0.05) is 36.4 Å². The largest absolute Gasteiger partial charge is 0.462 e. The number of hydrogen-bond donors (Lipinski definition) is 0. The lowest BCUT2D eigenvalue weighted by molar-refractivity contribution is 0.0526. The Kier molecular flexibility index (Phi) is 4.26. The standard InChI is InChI=1S/C21H22N2O2/c1-2-25-21(24)18-14-22-19-16-9-5-4-8-15(16)10-11-17(19)20(18)23-12-6-3-7-13-23/h4-5,8-11,14H,2-3,6-7,12-13H2,1H3. The summed E-state index contributed by atoms with van der Waals surface area (Å²) in [6.07, 6.45) is 5.24. The molecule has 4 nitrogen and oxygen atoms in total. The van der Waals surface area contributed by atoms with Crippen LogP contribution in [0.4, 0.5) is 5.69 Å². The molecule has 25 heavy (non-hydrogen) atoms. The second kappa shape index (κ2) is 6.71. The summed E-state index contributed by atoms with van der Waals surface area (Å²) >= 11 is 0. The Morgan fingerprint density at radius 1 is 1.08 bits per heavy atom. The molecule has 4 heteroatoms. The van der Waals surface area contributed by atoms with Gasteiger partial charge >= 0.3 is 5.97 Å². The number of piperidine rings is 1.